The van der Waals surface area contributed by atoms with Crippen molar-refractivity contribution in [3.8, 4) is 0 Å². The average Bonchev–Trinajstić information content (AvgIpc) is 3.12. The van der Waals surface area contributed by atoms with Crippen molar-refractivity contribution in [3.05, 3.63) is 57.8 Å². The summed E-state index contributed by atoms with van der Waals surface area (Å²) < 4.78 is 0. The predicted octanol–water partition coefficient (Wildman–Crippen LogP) is 3.97. The van der Waals surface area contributed by atoms with Gasteiger partial charge in [0.05, 0.1) is 11.4 Å². The van der Waals surface area contributed by atoms with Crippen molar-refractivity contribution < 1.29 is 9.59 Å². The lowest BCUT2D eigenvalue weighted by atomic mass is 9.81. The van der Waals surface area contributed by atoms with Crippen LogP contribution >= 0.6 is 11.3 Å². The van der Waals surface area contributed by atoms with Crippen LogP contribution in [0.3, 0.4) is 0 Å². The van der Waals surface area contributed by atoms with E-state index in [1.165, 1.54) is 16.9 Å². The number of nitrogens with zero attached hydrogens (tertiary/aromatic N) is 1. The lowest BCUT2D eigenvalue weighted by Gasteiger charge is -2.35. The third-order valence-corrected chi connectivity index (χ3v) is 6.27. The molecule has 138 valence electrons. The molecule has 0 spiro atoms. The Kier molecular flexibility index (Phi) is 6.09. The van der Waals surface area contributed by atoms with Crippen LogP contribution in [0.4, 0.5) is 0 Å². The third kappa shape index (κ3) is 4.52. The fourth-order valence-corrected chi connectivity index (χ4v) is 4.43. The zero-order valence-corrected chi connectivity index (χ0v) is 16.2. The number of thiophene rings is 1. The van der Waals surface area contributed by atoms with Gasteiger partial charge in [-0.05, 0) is 56.2 Å². The fraction of sp³-hybridized carbons (Fsp3) is 0.429. The Balaban J connectivity index is 1.46. The molecule has 1 aromatic heterocycles. The van der Waals surface area contributed by atoms with E-state index in [1.807, 2.05) is 31.0 Å². The second kappa shape index (κ2) is 8.49. The molecule has 1 fully saturated rings. The average molecular weight is 371 g/mol. The van der Waals surface area contributed by atoms with Gasteiger partial charge in [0.2, 0.25) is 5.91 Å². The minimum atomic E-state index is -0.169. The number of hydrogen-bond donors (Lipinski definition) is 1. The highest BCUT2D eigenvalue weighted by Crippen LogP contribution is 2.34. The summed E-state index contributed by atoms with van der Waals surface area (Å²) in [6.45, 7) is 2.02. The maximum Gasteiger partial charge on any atom is 0.261 e. The number of carbonyl (C=O) groups excluding carboxylic acids is 2. The van der Waals surface area contributed by atoms with Gasteiger partial charge >= 0.3 is 0 Å². The summed E-state index contributed by atoms with van der Waals surface area (Å²) in [6.07, 6.45) is 4.24. The smallest absolute Gasteiger partial charge is 0.261 e. The topological polar surface area (TPSA) is 49.4 Å². The van der Waals surface area contributed by atoms with Crippen molar-refractivity contribution in [1.29, 1.82) is 0 Å². The van der Waals surface area contributed by atoms with Crippen LogP contribution in [0.15, 0.2) is 42.5 Å². The number of carbonyl (C=O) groups is 2. The quantitative estimate of drug-likeness (QED) is 0.866. The van der Waals surface area contributed by atoms with Gasteiger partial charge in [0.15, 0.2) is 0 Å². The number of aryl methyl sites for hydroxylation is 1. The molecule has 26 heavy (non-hydrogen) atoms. The van der Waals surface area contributed by atoms with Gasteiger partial charge in [-0.2, -0.15) is 0 Å². The standard InChI is InChI=1S/C21H26N2O2S/c1-15-8-13-19(26-15)21(25)22-14-20(24)23(2)18-11-9-17(10-12-18)16-6-4-3-5-7-16/h3-8,13,17-18H,9-12,14H2,1-2H3,(H,22,25). The first-order chi connectivity index (χ1) is 12.5. The molecule has 4 nitrogen and oxygen atoms in total. The molecule has 1 aromatic carbocycles. The van der Waals surface area contributed by atoms with Gasteiger partial charge in [-0.15, -0.1) is 11.3 Å². The van der Waals surface area contributed by atoms with Crippen LogP contribution in [0, 0.1) is 6.92 Å². The Labute approximate surface area is 159 Å². The van der Waals surface area contributed by atoms with Gasteiger partial charge in [-0.25, -0.2) is 0 Å². The Hall–Kier alpha value is -2.14. The second-order valence-electron chi connectivity index (χ2n) is 7.01. The summed E-state index contributed by atoms with van der Waals surface area (Å²) in [4.78, 5) is 28.1. The SMILES string of the molecule is Cc1ccc(C(=O)NCC(=O)N(C)C2CCC(c3ccccc3)CC2)s1. The molecule has 1 N–H and O–H groups in total. The number of benzene rings is 1. The predicted molar refractivity (Wildman–Crippen MR) is 106 cm³/mol. The molecule has 0 radical (unpaired) electrons. The molecule has 0 aliphatic heterocycles. The molecule has 1 aliphatic rings. The molecule has 5 heteroatoms. The van der Waals surface area contributed by atoms with Crippen LogP contribution in [0.5, 0.6) is 0 Å². The van der Waals surface area contributed by atoms with Gasteiger partial charge in [-0.3, -0.25) is 9.59 Å². The Bertz CT molecular complexity index is 748. The normalized spacial score (nSPS) is 19.8. The monoisotopic (exact) mass is 370 g/mol. The first-order valence-corrected chi connectivity index (χ1v) is 10.0. The molecular formula is C21H26N2O2S. The first kappa shape index (κ1) is 18.6. The molecule has 1 heterocycles. The summed E-state index contributed by atoms with van der Waals surface area (Å²) in [7, 11) is 1.86. The molecule has 2 amide bonds. The van der Waals surface area contributed by atoms with Crippen molar-refractivity contribution in [3.63, 3.8) is 0 Å². The minimum absolute atomic E-state index is 0.0187. The van der Waals surface area contributed by atoms with E-state index in [4.69, 9.17) is 0 Å². The number of hydrogen-bond acceptors (Lipinski definition) is 3. The molecule has 0 unspecified atom stereocenters. The molecule has 1 saturated carbocycles. The van der Waals surface area contributed by atoms with Crippen LogP contribution in [0.1, 0.15) is 51.7 Å². The lowest BCUT2D eigenvalue weighted by molar-refractivity contribution is -0.131. The van der Waals surface area contributed by atoms with E-state index in [1.54, 1.807) is 6.07 Å². The molecule has 2 aromatic rings. The maximum absolute atomic E-state index is 12.4. The van der Waals surface area contributed by atoms with Gasteiger partial charge in [-0.1, -0.05) is 30.3 Å². The first-order valence-electron chi connectivity index (χ1n) is 9.20. The largest absolute Gasteiger partial charge is 0.342 e. The Morgan fingerprint density at radius 3 is 2.38 bits per heavy atom. The molecule has 0 atom stereocenters. The Morgan fingerprint density at radius 2 is 1.77 bits per heavy atom. The van der Waals surface area contributed by atoms with E-state index in [-0.39, 0.29) is 24.4 Å². The van der Waals surface area contributed by atoms with Crippen LogP contribution in [-0.2, 0) is 4.79 Å². The van der Waals surface area contributed by atoms with E-state index in [0.29, 0.717) is 10.8 Å². The van der Waals surface area contributed by atoms with Crippen LogP contribution in [0.2, 0.25) is 0 Å². The summed E-state index contributed by atoms with van der Waals surface area (Å²) >= 11 is 1.45. The van der Waals surface area contributed by atoms with Crippen LogP contribution < -0.4 is 5.32 Å². The van der Waals surface area contributed by atoms with E-state index in [0.717, 1.165) is 30.6 Å². The molecule has 3 rings (SSSR count). The fourth-order valence-electron chi connectivity index (χ4n) is 3.65. The van der Waals surface area contributed by atoms with E-state index < -0.39 is 0 Å². The van der Waals surface area contributed by atoms with Crippen molar-refractivity contribution in [2.24, 2.45) is 0 Å². The van der Waals surface area contributed by atoms with Crippen molar-refractivity contribution in [2.75, 3.05) is 13.6 Å². The summed E-state index contributed by atoms with van der Waals surface area (Å²) in [5.41, 5.74) is 1.40. The number of amides is 2. The zero-order chi connectivity index (χ0) is 18.5. The van der Waals surface area contributed by atoms with Crippen molar-refractivity contribution in [1.82, 2.24) is 10.2 Å². The van der Waals surface area contributed by atoms with Gasteiger partial charge in [0, 0.05) is 18.0 Å². The number of likely N-dealkylation sites (N-methyl/N-ethyl adjacent to an activating group) is 1. The minimum Gasteiger partial charge on any atom is -0.342 e. The molecular weight excluding hydrogens is 344 g/mol. The highest BCUT2D eigenvalue weighted by atomic mass is 32.1. The second-order valence-corrected chi connectivity index (χ2v) is 8.30. The number of rotatable bonds is 5. The van der Waals surface area contributed by atoms with E-state index >= 15 is 0 Å². The van der Waals surface area contributed by atoms with Crippen molar-refractivity contribution in [2.45, 2.75) is 44.6 Å². The Morgan fingerprint density at radius 1 is 1.08 bits per heavy atom. The molecule has 0 saturated heterocycles. The lowest BCUT2D eigenvalue weighted by Crippen LogP contribution is -2.44. The van der Waals surface area contributed by atoms with Crippen LogP contribution in [-0.4, -0.2) is 36.3 Å². The highest BCUT2D eigenvalue weighted by Gasteiger charge is 2.27. The molecule has 1 aliphatic carbocycles. The number of nitrogens with one attached hydrogen (secondary N) is 1. The highest BCUT2D eigenvalue weighted by molar-refractivity contribution is 7.13. The van der Waals surface area contributed by atoms with Gasteiger partial charge < -0.3 is 10.2 Å². The van der Waals surface area contributed by atoms with Crippen LogP contribution in [0.25, 0.3) is 0 Å². The summed E-state index contributed by atoms with van der Waals surface area (Å²) in [5.74, 6) is 0.408. The molecule has 0 bridgehead atoms. The third-order valence-electron chi connectivity index (χ3n) is 5.27. The van der Waals surface area contributed by atoms with Crippen molar-refractivity contribution >= 4 is 23.2 Å². The zero-order valence-electron chi connectivity index (χ0n) is 15.4. The van der Waals surface area contributed by atoms with E-state index in [2.05, 4.69) is 29.6 Å². The summed E-state index contributed by atoms with van der Waals surface area (Å²) in [5, 5.41) is 2.75. The van der Waals surface area contributed by atoms with Gasteiger partial charge in [0.1, 0.15) is 0 Å². The van der Waals surface area contributed by atoms with Gasteiger partial charge in [0.25, 0.3) is 5.91 Å². The van der Waals surface area contributed by atoms with E-state index in [9.17, 15) is 9.59 Å². The maximum atomic E-state index is 12.4. The summed E-state index contributed by atoms with van der Waals surface area (Å²) in [6, 6.07) is 14.6.